The molecule has 0 radical (unpaired) electrons. The molecule has 3 aromatic carbocycles. The van der Waals surface area contributed by atoms with Gasteiger partial charge in [-0.1, -0.05) is 18.2 Å². The van der Waals surface area contributed by atoms with Gasteiger partial charge in [0.15, 0.2) is 5.69 Å². The van der Waals surface area contributed by atoms with Gasteiger partial charge in [0.1, 0.15) is 5.75 Å². The summed E-state index contributed by atoms with van der Waals surface area (Å²) in [6.45, 7) is 7.11. The molecule has 0 saturated carbocycles. The van der Waals surface area contributed by atoms with Crippen LogP contribution in [0, 0.1) is 17.9 Å². The second-order valence-electron chi connectivity index (χ2n) is 5.32. The summed E-state index contributed by atoms with van der Waals surface area (Å²) in [6.07, 6.45) is 0. The zero-order valence-corrected chi connectivity index (χ0v) is 13.7. The van der Waals surface area contributed by atoms with Gasteiger partial charge in [0.25, 0.3) is 0 Å². The first-order chi connectivity index (χ1) is 12.2. The molecule has 25 heavy (non-hydrogen) atoms. The average Bonchev–Trinajstić information content (AvgIpc) is 2.69. The molecule has 0 amide bonds. The lowest BCUT2D eigenvalue weighted by Crippen LogP contribution is -2.09. The molecule has 0 unspecified atom stereocenters. The van der Waals surface area contributed by atoms with E-state index in [-0.39, 0.29) is 0 Å². The lowest BCUT2D eigenvalue weighted by Gasteiger charge is -2.26. The molecule has 0 aliphatic carbocycles. The van der Waals surface area contributed by atoms with Gasteiger partial charge >= 0.3 is 0 Å². The minimum Gasteiger partial charge on any atom is -0.497 e. The Labute approximate surface area is 147 Å². The monoisotopic (exact) mass is 325 g/mol. The molecule has 0 fully saturated rings. The predicted octanol–water partition coefficient (Wildman–Crippen LogP) is 5.59. The van der Waals surface area contributed by atoms with E-state index in [0.717, 1.165) is 22.8 Å². The van der Waals surface area contributed by atoms with Crippen molar-refractivity contribution in [2.24, 2.45) is 0 Å². The third-order valence-corrected chi connectivity index (χ3v) is 3.80. The van der Waals surface area contributed by atoms with Crippen LogP contribution in [0.15, 0.2) is 72.8 Å². The number of rotatable bonds is 4. The van der Waals surface area contributed by atoms with Crippen molar-refractivity contribution in [2.45, 2.75) is 0 Å². The van der Waals surface area contributed by atoms with Gasteiger partial charge in [-0.2, -0.15) is 5.26 Å². The molecule has 4 heteroatoms. The van der Waals surface area contributed by atoms with Gasteiger partial charge in [-0.25, -0.2) is 4.85 Å². The molecule has 4 nitrogen and oxygen atoms in total. The van der Waals surface area contributed by atoms with Crippen LogP contribution in [-0.4, -0.2) is 7.11 Å². The van der Waals surface area contributed by atoms with Gasteiger partial charge < -0.3 is 9.64 Å². The molecule has 0 N–H and O–H groups in total. The van der Waals surface area contributed by atoms with Crippen molar-refractivity contribution in [3.63, 3.8) is 0 Å². The summed E-state index contributed by atoms with van der Waals surface area (Å²) < 4.78 is 5.34. The number of benzene rings is 3. The second kappa shape index (κ2) is 7.21. The van der Waals surface area contributed by atoms with Gasteiger partial charge in [0, 0.05) is 23.1 Å². The number of methoxy groups -OCH3 is 1. The molecule has 0 aromatic heterocycles. The van der Waals surface area contributed by atoms with Crippen LogP contribution in [0.2, 0.25) is 0 Å². The number of hydrogen-bond donors (Lipinski definition) is 0. The summed E-state index contributed by atoms with van der Waals surface area (Å²) in [4.78, 5) is 5.49. The topological polar surface area (TPSA) is 40.6 Å². The minimum atomic E-state index is 0.592. The van der Waals surface area contributed by atoms with E-state index < -0.39 is 0 Å². The Bertz CT molecular complexity index is 891. The molecule has 0 bridgehead atoms. The molecule has 3 aromatic rings. The first kappa shape index (κ1) is 16.1. The van der Waals surface area contributed by atoms with Crippen LogP contribution in [0.25, 0.3) is 4.85 Å². The summed E-state index contributed by atoms with van der Waals surface area (Å²) in [5.41, 5.74) is 3.97. The molecule has 0 saturated heterocycles. The van der Waals surface area contributed by atoms with E-state index in [1.165, 1.54) is 0 Å². The van der Waals surface area contributed by atoms with Crippen molar-refractivity contribution in [3.8, 4) is 11.8 Å². The molecule has 120 valence electrons. The van der Waals surface area contributed by atoms with Gasteiger partial charge in [-0.3, -0.25) is 0 Å². The lowest BCUT2D eigenvalue weighted by atomic mass is 10.1. The number of hydrogen-bond acceptors (Lipinski definition) is 3. The quantitative estimate of drug-likeness (QED) is 0.587. The Kier molecular flexibility index (Phi) is 4.65. The van der Waals surface area contributed by atoms with Gasteiger partial charge in [-0.05, 0) is 48.5 Å². The van der Waals surface area contributed by atoms with Crippen LogP contribution in [0.3, 0.4) is 0 Å². The highest BCUT2D eigenvalue weighted by molar-refractivity contribution is 5.78. The maximum absolute atomic E-state index is 9.02. The fourth-order valence-corrected chi connectivity index (χ4v) is 2.56. The van der Waals surface area contributed by atoms with Gasteiger partial charge in [-0.15, -0.1) is 0 Å². The first-order valence-electron chi connectivity index (χ1n) is 7.67. The minimum absolute atomic E-state index is 0.592. The standard InChI is InChI=1S/C21H15N3O/c1-23-17-8-12-19(13-9-17)24(18-10-6-16(15-22)7-11-18)20-4-3-5-21(14-20)25-2/h3-14H,2H3. The third-order valence-electron chi connectivity index (χ3n) is 3.80. The fourth-order valence-electron chi connectivity index (χ4n) is 2.56. The molecular weight excluding hydrogens is 310 g/mol. The zero-order valence-electron chi connectivity index (χ0n) is 13.7. The Morgan fingerprint density at radius 3 is 2.12 bits per heavy atom. The third kappa shape index (κ3) is 3.44. The van der Waals surface area contributed by atoms with Crippen molar-refractivity contribution >= 4 is 22.7 Å². The van der Waals surface area contributed by atoms with E-state index >= 15 is 0 Å². The van der Waals surface area contributed by atoms with Gasteiger partial charge in [0.05, 0.1) is 25.3 Å². The highest BCUT2D eigenvalue weighted by Gasteiger charge is 2.13. The van der Waals surface area contributed by atoms with Crippen LogP contribution >= 0.6 is 0 Å². The SMILES string of the molecule is [C-]#[N+]c1ccc(N(c2ccc(C#N)cc2)c2cccc(OC)c2)cc1. The second-order valence-corrected chi connectivity index (χ2v) is 5.32. The van der Waals surface area contributed by atoms with Crippen molar-refractivity contribution in [3.05, 3.63) is 89.8 Å². The average molecular weight is 325 g/mol. The maximum Gasteiger partial charge on any atom is 0.187 e. The Hall–Kier alpha value is -3.76. The highest BCUT2D eigenvalue weighted by atomic mass is 16.5. The van der Waals surface area contributed by atoms with Crippen LogP contribution in [0.5, 0.6) is 5.75 Å². The summed E-state index contributed by atoms with van der Waals surface area (Å²) >= 11 is 0. The van der Waals surface area contributed by atoms with E-state index in [9.17, 15) is 0 Å². The molecule has 0 aliphatic heterocycles. The smallest absolute Gasteiger partial charge is 0.187 e. The van der Waals surface area contributed by atoms with E-state index in [2.05, 4.69) is 15.8 Å². The normalized spacial score (nSPS) is 9.72. The number of nitrogens with zero attached hydrogens (tertiary/aromatic N) is 3. The largest absolute Gasteiger partial charge is 0.497 e. The Morgan fingerprint density at radius 1 is 0.920 bits per heavy atom. The summed E-state index contributed by atoms with van der Waals surface area (Å²) in [6, 6.07) is 24.7. The predicted molar refractivity (Wildman–Crippen MR) is 98.7 cm³/mol. The van der Waals surface area contributed by atoms with Crippen molar-refractivity contribution in [2.75, 3.05) is 12.0 Å². The highest BCUT2D eigenvalue weighted by Crippen LogP contribution is 2.36. The molecule has 0 spiro atoms. The number of nitriles is 1. The van der Waals surface area contributed by atoms with E-state index in [1.54, 1.807) is 31.4 Å². The molecule has 0 heterocycles. The first-order valence-corrected chi connectivity index (χ1v) is 7.67. The van der Waals surface area contributed by atoms with E-state index in [1.807, 2.05) is 48.5 Å². The van der Waals surface area contributed by atoms with E-state index in [0.29, 0.717) is 11.3 Å². The number of anilines is 3. The van der Waals surface area contributed by atoms with E-state index in [4.69, 9.17) is 16.6 Å². The van der Waals surface area contributed by atoms with Crippen LogP contribution < -0.4 is 9.64 Å². The fraction of sp³-hybridized carbons (Fsp3) is 0.0476. The number of ether oxygens (including phenoxy) is 1. The van der Waals surface area contributed by atoms with Crippen molar-refractivity contribution < 1.29 is 4.74 Å². The summed E-state index contributed by atoms with van der Waals surface area (Å²) in [7, 11) is 1.63. The van der Waals surface area contributed by atoms with Crippen LogP contribution in [-0.2, 0) is 0 Å². The summed E-state index contributed by atoms with van der Waals surface area (Å²) in [5.74, 6) is 0.758. The summed E-state index contributed by atoms with van der Waals surface area (Å²) in [5, 5.41) is 9.02. The lowest BCUT2D eigenvalue weighted by molar-refractivity contribution is 0.415. The van der Waals surface area contributed by atoms with Crippen LogP contribution in [0.1, 0.15) is 5.56 Å². The van der Waals surface area contributed by atoms with Crippen molar-refractivity contribution in [1.82, 2.24) is 0 Å². The Balaban J connectivity index is 2.12. The maximum atomic E-state index is 9.02. The molecular formula is C21H15N3O. The van der Waals surface area contributed by atoms with Crippen LogP contribution in [0.4, 0.5) is 22.7 Å². The molecule has 0 aliphatic rings. The molecule has 0 atom stereocenters. The van der Waals surface area contributed by atoms with Crippen molar-refractivity contribution in [1.29, 1.82) is 5.26 Å². The molecule has 3 rings (SSSR count). The Morgan fingerprint density at radius 2 is 1.56 bits per heavy atom. The van der Waals surface area contributed by atoms with Gasteiger partial charge in [0.2, 0.25) is 0 Å². The zero-order chi connectivity index (χ0) is 17.6.